The van der Waals surface area contributed by atoms with Gasteiger partial charge in [0.25, 0.3) is 5.91 Å². The Labute approximate surface area is 203 Å². The maximum absolute atomic E-state index is 14.3. The van der Waals surface area contributed by atoms with Crippen molar-refractivity contribution < 1.29 is 18.8 Å². The number of hydrogen-bond acceptors (Lipinski definition) is 7. The van der Waals surface area contributed by atoms with Crippen molar-refractivity contribution in [2.75, 3.05) is 11.9 Å². The summed E-state index contributed by atoms with van der Waals surface area (Å²) in [5.41, 5.74) is 5.45. The van der Waals surface area contributed by atoms with Crippen LogP contribution in [0.3, 0.4) is 0 Å². The number of nitrogens with zero attached hydrogens (tertiary/aromatic N) is 5. The SMILES string of the molecule is CC1(C)C(=O)Nc2nc(-c3nn(Cc4ccccc4F)c4ncccc34)nc(C(=O)NCC(N)=O)c21. The number of pyridine rings is 1. The molecule has 4 heterocycles. The van der Waals surface area contributed by atoms with Gasteiger partial charge in [0, 0.05) is 17.3 Å². The highest BCUT2D eigenvalue weighted by Gasteiger charge is 2.44. The number of nitrogens with one attached hydrogen (secondary N) is 2. The van der Waals surface area contributed by atoms with Crippen LogP contribution >= 0.6 is 0 Å². The summed E-state index contributed by atoms with van der Waals surface area (Å²) in [5, 5.41) is 10.3. The summed E-state index contributed by atoms with van der Waals surface area (Å²) in [5.74, 6) is -1.94. The van der Waals surface area contributed by atoms with Gasteiger partial charge in [0.2, 0.25) is 11.8 Å². The zero-order valence-corrected chi connectivity index (χ0v) is 19.4. The molecular weight excluding hydrogens is 467 g/mol. The van der Waals surface area contributed by atoms with Crippen molar-refractivity contribution in [2.45, 2.75) is 25.8 Å². The Morgan fingerprint density at radius 1 is 1.17 bits per heavy atom. The van der Waals surface area contributed by atoms with Crippen LogP contribution in [0, 0.1) is 5.82 Å². The van der Waals surface area contributed by atoms with Crippen molar-refractivity contribution in [1.82, 2.24) is 30.0 Å². The smallest absolute Gasteiger partial charge is 0.270 e. The Morgan fingerprint density at radius 3 is 2.69 bits per heavy atom. The molecule has 0 atom stereocenters. The van der Waals surface area contributed by atoms with Gasteiger partial charge in [-0.3, -0.25) is 14.4 Å². The molecule has 0 fully saturated rings. The highest BCUT2D eigenvalue weighted by atomic mass is 19.1. The van der Waals surface area contributed by atoms with Crippen molar-refractivity contribution in [3.05, 3.63) is 65.2 Å². The molecule has 3 amide bonds. The van der Waals surface area contributed by atoms with Gasteiger partial charge in [-0.05, 0) is 32.0 Å². The maximum atomic E-state index is 14.3. The van der Waals surface area contributed by atoms with Crippen LogP contribution in [-0.2, 0) is 21.5 Å². The Kier molecular flexibility index (Phi) is 5.43. The standard InChI is InChI=1S/C24H21FN8O3/c1-24(2)16-18(22(35)28-10-15(26)34)29-20(30-19(16)31-23(24)36)17-13-7-5-9-27-21(13)33(32-17)11-12-6-3-4-8-14(12)25/h3-9H,10-11H2,1-2H3,(H2,26,34)(H,28,35)(H,29,30,31,36). The lowest BCUT2D eigenvalue weighted by molar-refractivity contribution is -0.120. The summed E-state index contributed by atoms with van der Waals surface area (Å²) < 4.78 is 15.9. The van der Waals surface area contributed by atoms with E-state index in [0.717, 1.165) is 0 Å². The molecule has 12 heteroatoms. The average Bonchev–Trinajstić information content (AvgIpc) is 3.32. The number of carbonyl (C=O) groups is 3. The first-order valence-corrected chi connectivity index (χ1v) is 11.0. The fourth-order valence-corrected chi connectivity index (χ4v) is 4.11. The van der Waals surface area contributed by atoms with E-state index in [1.165, 1.54) is 10.7 Å². The van der Waals surface area contributed by atoms with Crippen LogP contribution in [0.15, 0.2) is 42.6 Å². The van der Waals surface area contributed by atoms with Crippen LogP contribution in [0.4, 0.5) is 10.2 Å². The number of amides is 3. The Morgan fingerprint density at radius 2 is 1.94 bits per heavy atom. The number of halogens is 1. The highest BCUT2D eigenvalue weighted by molar-refractivity contribution is 6.09. The monoisotopic (exact) mass is 488 g/mol. The van der Waals surface area contributed by atoms with E-state index in [1.54, 1.807) is 50.4 Å². The number of benzene rings is 1. The van der Waals surface area contributed by atoms with E-state index in [2.05, 4.69) is 30.7 Å². The van der Waals surface area contributed by atoms with E-state index in [0.29, 0.717) is 27.9 Å². The molecule has 1 aliphatic rings. The third kappa shape index (κ3) is 3.82. The number of rotatable bonds is 6. The first-order chi connectivity index (χ1) is 17.2. The van der Waals surface area contributed by atoms with Gasteiger partial charge >= 0.3 is 0 Å². The first kappa shape index (κ1) is 23.0. The number of nitrogens with two attached hydrogens (primary N) is 1. The summed E-state index contributed by atoms with van der Waals surface area (Å²) in [7, 11) is 0. The molecule has 4 aromatic rings. The topological polar surface area (TPSA) is 158 Å². The highest BCUT2D eigenvalue weighted by Crippen LogP contribution is 2.39. The normalized spacial score (nSPS) is 13.9. The summed E-state index contributed by atoms with van der Waals surface area (Å²) in [4.78, 5) is 50.2. The van der Waals surface area contributed by atoms with Crippen LogP contribution in [0.5, 0.6) is 0 Å². The second kappa shape index (κ2) is 8.48. The van der Waals surface area contributed by atoms with Gasteiger partial charge in [-0.1, -0.05) is 18.2 Å². The van der Waals surface area contributed by atoms with Gasteiger partial charge < -0.3 is 16.4 Å². The molecule has 3 aromatic heterocycles. The van der Waals surface area contributed by atoms with Gasteiger partial charge in [-0.25, -0.2) is 24.0 Å². The predicted octanol–water partition coefficient (Wildman–Crippen LogP) is 1.52. The van der Waals surface area contributed by atoms with Crippen molar-refractivity contribution in [3.63, 3.8) is 0 Å². The quantitative estimate of drug-likeness (QED) is 0.371. The lowest BCUT2D eigenvalue weighted by atomic mass is 9.85. The summed E-state index contributed by atoms with van der Waals surface area (Å²) >= 11 is 0. The summed E-state index contributed by atoms with van der Waals surface area (Å²) in [6.07, 6.45) is 1.58. The van der Waals surface area contributed by atoms with Crippen molar-refractivity contribution in [2.24, 2.45) is 5.73 Å². The first-order valence-electron chi connectivity index (χ1n) is 11.0. The lowest BCUT2D eigenvalue weighted by Crippen LogP contribution is -2.36. The molecule has 1 aliphatic heterocycles. The minimum absolute atomic E-state index is 0.0567. The third-order valence-corrected chi connectivity index (χ3v) is 5.97. The second-order valence-electron chi connectivity index (χ2n) is 8.82. The Hall–Kier alpha value is -4.74. The number of hydrogen-bond donors (Lipinski definition) is 3. The average molecular weight is 488 g/mol. The molecule has 0 aliphatic carbocycles. The maximum Gasteiger partial charge on any atom is 0.270 e. The number of fused-ring (bicyclic) bond motifs is 2. The zero-order valence-electron chi connectivity index (χ0n) is 19.4. The molecule has 0 spiro atoms. The molecule has 4 N–H and O–H groups in total. The van der Waals surface area contributed by atoms with E-state index < -0.39 is 23.8 Å². The Balaban J connectivity index is 1.67. The molecule has 11 nitrogen and oxygen atoms in total. The molecule has 0 radical (unpaired) electrons. The molecule has 36 heavy (non-hydrogen) atoms. The van der Waals surface area contributed by atoms with E-state index in [1.807, 2.05) is 0 Å². The fourth-order valence-electron chi connectivity index (χ4n) is 4.11. The fraction of sp³-hybridized carbons (Fsp3) is 0.208. The molecular formula is C24H21FN8O3. The minimum Gasteiger partial charge on any atom is -0.368 e. The Bertz CT molecular complexity index is 1560. The van der Waals surface area contributed by atoms with Crippen LogP contribution in [-0.4, -0.2) is 49.0 Å². The van der Waals surface area contributed by atoms with Crippen molar-refractivity contribution in [3.8, 4) is 11.5 Å². The summed E-state index contributed by atoms with van der Waals surface area (Å²) in [6, 6.07) is 9.80. The lowest BCUT2D eigenvalue weighted by Gasteiger charge is -2.17. The van der Waals surface area contributed by atoms with Gasteiger partial charge in [0.15, 0.2) is 11.5 Å². The van der Waals surface area contributed by atoms with Gasteiger partial charge in [0.1, 0.15) is 23.0 Å². The third-order valence-electron chi connectivity index (χ3n) is 5.97. The van der Waals surface area contributed by atoms with Crippen LogP contribution in [0.1, 0.15) is 35.5 Å². The van der Waals surface area contributed by atoms with E-state index >= 15 is 0 Å². The number of aromatic nitrogens is 5. The molecule has 182 valence electrons. The van der Waals surface area contributed by atoms with Crippen molar-refractivity contribution in [1.29, 1.82) is 0 Å². The van der Waals surface area contributed by atoms with E-state index in [4.69, 9.17) is 5.73 Å². The second-order valence-corrected chi connectivity index (χ2v) is 8.82. The van der Waals surface area contributed by atoms with Gasteiger partial charge in [-0.2, -0.15) is 5.10 Å². The molecule has 5 rings (SSSR count). The largest absolute Gasteiger partial charge is 0.368 e. The van der Waals surface area contributed by atoms with Gasteiger partial charge in [0.05, 0.1) is 23.9 Å². The number of primary amides is 1. The van der Waals surface area contributed by atoms with Crippen molar-refractivity contribution >= 4 is 34.6 Å². The molecule has 0 saturated carbocycles. The van der Waals surface area contributed by atoms with Crippen LogP contribution in [0.25, 0.3) is 22.6 Å². The summed E-state index contributed by atoms with van der Waals surface area (Å²) in [6.45, 7) is 2.98. The molecule has 1 aromatic carbocycles. The predicted molar refractivity (Wildman–Crippen MR) is 127 cm³/mol. The van der Waals surface area contributed by atoms with Gasteiger partial charge in [-0.15, -0.1) is 0 Å². The van der Waals surface area contributed by atoms with E-state index in [9.17, 15) is 18.8 Å². The van der Waals surface area contributed by atoms with Crippen LogP contribution in [0.2, 0.25) is 0 Å². The number of anilines is 1. The molecule has 0 bridgehead atoms. The zero-order chi connectivity index (χ0) is 25.6. The van der Waals surface area contributed by atoms with E-state index in [-0.39, 0.29) is 35.6 Å². The number of carbonyl (C=O) groups excluding carboxylic acids is 3. The van der Waals surface area contributed by atoms with Crippen LogP contribution < -0.4 is 16.4 Å². The molecule has 0 saturated heterocycles. The molecule has 0 unspecified atom stereocenters. The minimum atomic E-state index is -1.10.